The van der Waals surface area contributed by atoms with Crippen molar-refractivity contribution in [3.05, 3.63) is 12.3 Å². The van der Waals surface area contributed by atoms with Crippen LogP contribution in [0.15, 0.2) is 17.3 Å². The normalized spacial score (nSPS) is 25.3. The number of aliphatic hydroxyl groups is 1. The summed E-state index contributed by atoms with van der Waals surface area (Å²) in [5.74, 6) is 0. The molecule has 1 aliphatic heterocycles. The molecule has 0 aromatic carbocycles. The molecule has 2 heterocycles. The minimum atomic E-state index is -3.61. The van der Waals surface area contributed by atoms with Crippen LogP contribution in [0.2, 0.25) is 0 Å². The zero-order valence-corrected chi connectivity index (χ0v) is 12.2. The molecule has 0 aliphatic carbocycles. The lowest BCUT2D eigenvalue weighted by atomic mass is 10.2. The van der Waals surface area contributed by atoms with Crippen LogP contribution in [0.4, 0.5) is 0 Å². The van der Waals surface area contributed by atoms with Crippen molar-refractivity contribution < 1.29 is 13.5 Å². The van der Waals surface area contributed by atoms with Crippen LogP contribution in [0.3, 0.4) is 0 Å². The van der Waals surface area contributed by atoms with Crippen molar-refractivity contribution in [2.45, 2.75) is 23.6 Å². The number of aromatic nitrogens is 2. The predicted molar refractivity (Wildman–Crippen MR) is 70.1 cm³/mol. The van der Waals surface area contributed by atoms with E-state index in [1.807, 2.05) is 19.0 Å². The molecule has 2 rings (SSSR count). The molecule has 0 radical (unpaired) electrons. The zero-order valence-electron chi connectivity index (χ0n) is 11.4. The van der Waals surface area contributed by atoms with E-state index in [2.05, 4.69) is 5.10 Å². The van der Waals surface area contributed by atoms with Crippen molar-refractivity contribution in [2.24, 2.45) is 7.05 Å². The zero-order chi connectivity index (χ0) is 14.2. The fourth-order valence-electron chi connectivity index (χ4n) is 2.48. The van der Waals surface area contributed by atoms with E-state index in [1.165, 1.54) is 21.3 Å². The Balaban J connectivity index is 2.31. The van der Waals surface area contributed by atoms with Crippen molar-refractivity contribution in [1.82, 2.24) is 19.0 Å². The molecule has 19 heavy (non-hydrogen) atoms. The Hall–Kier alpha value is -0.960. The number of aliphatic hydroxyl groups excluding tert-OH is 1. The van der Waals surface area contributed by atoms with Gasteiger partial charge < -0.3 is 10.0 Å². The highest BCUT2D eigenvalue weighted by Gasteiger charge is 2.40. The van der Waals surface area contributed by atoms with Gasteiger partial charge in [-0.15, -0.1) is 0 Å². The van der Waals surface area contributed by atoms with E-state index in [9.17, 15) is 13.5 Å². The first-order chi connectivity index (χ1) is 8.82. The Morgan fingerprint density at radius 2 is 2.21 bits per heavy atom. The molecule has 1 aliphatic rings. The molecule has 8 heteroatoms. The Morgan fingerprint density at radius 1 is 1.53 bits per heavy atom. The molecular weight excluding hydrogens is 268 g/mol. The molecule has 0 amide bonds. The molecule has 0 spiro atoms. The molecule has 1 fully saturated rings. The maximum absolute atomic E-state index is 12.6. The van der Waals surface area contributed by atoms with Gasteiger partial charge in [-0.25, -0.2) is 8.42 Å². The Labute approximate surface area is 113 Å². The first-order valence-corrected chi connectivity index (χ1v) is 7.59. The average molecular weight is 288 g/mol. The third kappa shape index (κ3) is 2.81. The van der Waals surface area contributed by atoms with Crippen molar-refractivity contribution in [1.29, 1.82) is 0 Å². The molecule has 1 aromatic rings. The van der Waals surface area contributed by atoms with Gasteiger partial charge in [0, 0.05) is 26.2 Å². The summed E-state index contributed by atoms with van der Waals surface area (Å²) in [5.41, 5.74) is 0. The third-order valence-corrected chi connectivity index (χ3v) is 5.26. The topological polar surface area (TPSA) is 78.7 Å². The summed E-state index contributed by atoms with van der Waals surface area (Å²) in [4.78, 5) is 1.93. The summed E-state index contributed by atoms with van der Waals surface area (Å²) >= 11 is 0. The molecule has 1 saturated heterocycles. The van der Waals surface area contributed by atoms with Crippen LogP contribution in [0, 0.1) is 0 Å². The molecule has 2 unspecified atom stereocenters. The molecule has 1 N–H and O–H groups in total. The minimum Gasteiger partial charge on any atom is -0.392 e. The number of hydrogen-bond donors (Lipinski definition) is 1. The van der Waals surface area contributed by atoms with Crippen molar-refractivity contribution in [3.8, 4) is 0 Å². The summed E-state index contributed by atoms with van der Waals surface area (Å²) in [6, 6.07) is 1.28. The maximum Gasteiger partial charge on any atom is 0.260 e. The van der Waals surface area contributed by atoms with Gasteiger partial charge in [0.05, 0.1) is 12.3 Å². The summed E-state index contributed by atoms with van der Waals surface area (Å²) in [6.45, 7) is 0.736. The van der Waals surface area contributed by atoms with Crippen molar-refractivity contribution >= 4 is 10.0 Å². The summed E-state index contributed by atoms with van der Waals surface area (Å²) in [5, 5.41) is 13.8. The van der Waals surface area contributed by atoms with Gasteiger partial charge in [-0.3, -0.25) is 4.68 Å². The number of likely N-dealkylation sites (N-methyl/N-ethyl adjacent to an activating group) is 1. The maximum atomic E-state index is 12.6. The summed E-state index contributed by atoms with van der Waals surface area (Å²) < 4.78 is 27.9. The van der Waals surface area contributed by atoms with Gasteiger partial charge in [0.15, 0.2) is 5.03 Å². The van der Waals surface area contributed by atoms with Gasteiger partial charge in [0.2, 0.25) is 0 Å². The molecule has 1 aromatic heterocycles. The lowest BCUT2D eigenvalue weighted by Crippen LogP contribution is -2.41. The van der Waals surface area contributed by atoms with E-state index in [1.54, 1.807) is 7.05 Å². The van der Waals surface area contributed by atoms with Crippen LogP contribution in [0.25, 0.3) is 0 Å². The number of aryl methyl sites for hydroxylation is 1. The van der Waals surface area contributed by atoms with E-state index < -0.39 is 16.1 Å². The predicted octanol–water partition coefficient (Wildman–Crippen LogP) is -0.894. The fourth-order valence-corrected chi connectivity index (χ4v) is 4.25. The number of sulfonamides is 1. The smallest absolute Gasteiger partial charge is 0.260 e. The van der Waals surface area contributed by atoms with Crippen LogP contribution >= 0.6 is 0 Å². The molecule has 7 nitrogen and oxygen atoms in total. The Morgan fingerprint density at radius 3 is 2.74 bits per heavy atom. The van der Waals surface area contributed by atoms with Gasteiger partial charge in [0.1, 0.15) is 0 Å². The first kappa shape index (κ1) is 14.4. The lowest BCUT2D eigenvalue weighted by molar-refractivity contribution is 0.188. The first-order valence-electron chi connectivity index (χ1n) is 6.15. The number of rotatable bonds is 4. The highest BCUT2D eigenvalue weighted by Crippen LogP contribution is 2.26. The van der Waals surface area contributed by atoms with Crippen LogP contribution in [0.1, 0.15) is 6.42 Å². The van der Waals surface area contributed by atoms with Crippen LogP contribution in [-0.4, -0.2) is 71.8 Å². The van der Waals surface area contributed by atoms with Crippen molar-refractivity contribution in [3.63, 3.8) is 0 Å². The third-order valence-electron chi connectivity index (χ3n) is 3.27. The number of nitrogens with zero attached hydrogens (tertiary/aromatic N) is 4. The van der Waals surface area contributed by atoms with Crippen LogP contribution < -0.4 is 0 Å². The molecule has 108 valence electrons. The molecular formula is C11H20N4O3S. The molecule has 2 atom stereocenters. The van der Waals surface area contributed by atoms with Crippen LogP contribution in [-0.2, 0) is 17.1 Å². The fraction of sp³-hybridized carbons (Fsp3) is 0.727. The van der Waals surface area contributed by atoms with E-state index >= 15 is 0 Å². The van der Waals surface area contributed by atoms with E-state index in [0.29, 0.717) is 13.0 Å². The van der Waals surface area contributed by atoms with Crippen molar-refractivity contribution in [2.75, 3.05) is 27.2 Å². The second-order valence-electron chi connectivity index (χ2n) is 5.17. The SMILES string of the molecule is CN(C)CC1CC(O)CN1S(=O)(=O)c1ccnn1C. The highest BCUT2D eigenvalue weighted by molar-refractivity contribution is 7.89. The second-order valence-corrected chi connectivity index (χ2v) is 7.01. The Kier molecular flexibility index (Phi) is 3.95. The largest absolute Gasteiger partial charge is 0.392 e. The summed E-state index contributed by atoms with van der Waals surface area (Å²) in [6.07, 6.45) is 1.32. The summed E-state index contributed by atoms with van der Waals surface area (Å²) in [7, 11) is 1.77. The average Bonchev–Trinajstić information content (AvgIpc) is 2.84. The highest BCUT2D eigenvalue weighted by atomic mass is 32.2. The van der Waals surface area contributed by atoms with Gasteiger partial charge in [-0.1, -0.05) is 0 Å². The van der Waals surface area contributed by atoms with Crippen LogP contribution in [0.5, 0.6) is 0 Å². The van der Waals surface area contributed by atoms with E-state index in [-0.39, 0.29) is 17.6 Å². The van der Waals surface area contributed by atoms with Gasteiger partial charge in [-0.05, 0) is 26.6 Å². The Bertz CT molecular complexity index is 540. The lowest BCUT2D eigenvalue weighted by Gasteiger charge is -2.25. The molecule has 0 bridgehead atoms. The van der Waals surface area contributed by atoms with E-state index in [0.717, 1.165) is 0 Å². The van der Waals surface area contributed by atoms with E-state index in [4.69, 9.17) is 0 Å². The van der Waals surface area contributed by atoms with Gasteiger partial charge in [0.25, 0.3) is 10.0 Å². The monoisotopic (exact) mass is 288 g/mol. The minimum absolute atomic E-state index is 0.145. The molecule has 0 saturated carbocycles. The van der Waals surface area contributed by atoms with Gasteiger partial charge >= 0.3 is 0 Å². The second kappa shape index (κ2) is 5.20. The standard InChI is InChI=1S/C11H20N4O3S/c1-13(2)7-9-6-10(16)8-15(9)19(17,18)11-4-5-12-14(11)3/h4-5,9-10,16H,6-8H2,1-3H3. The number of β-amino-alcohol motifs (C(OH)–C–C–N with tert-alkyl or cyclic N) is 1. The number of hydrogen-bond acceptors (Lipinski definition) is 5. The quantitative estimate of drug-likeness (QED) is 0.777. The van der Waals surface area contributed by atoms with Gasteiger partial charge in [-0.2, -0.15) is 9.40 Å².